The number of primary amides is 1. The van der Waals surface area contributed by atoms with Crippen molar-refractivity contribution in [2.75, 3.05) is 28.3 Å². The van der Waals surface area contributed by atoms with E-state index in [0.29, 0.717) is 11.4 Å². The molecule has 7 heteroatoms. The van der Waals surface area contributed by atoms with Gasteiger partial charge in [-0.15, -0.1) is 0 Å². The summed E-state index contributed by atoms with van der Waals surface area (Å²) in [5, 5.41) is 8.82. The number of para-hydroxylation sites is 1. The standard InChI is InChI=1S/C22H25N5O2/c1-15-13-16(9-10-19(15)26-11-5-6-12-26)24-22(29)18-14-20(21(23)28)27(25-18)17-7-3-2-4-8-17/h2-4,7-10,13,20H,5-6,11-12,14H2,1H3,(H2,23,28)(H,24,29). The predicted octanol–water partition coefficient (Wildman–Crippen LogP) is 2.65. The van der Waals surface area contributed by atoms with Crippen LogP contribution in [0.2, 0.25) is 0 Å². The van der Waals surface area contributed by atoms with E-state index in [-0.39, 0.29) is 12.3 Å². The van der Waals surface area contributed by atoms with E-state index in [9.17, 15) is 9.59 Å². The molecule has 2 aromatic carbocycles. The minimum absolute atomic E-state index is 0.181. The van der Waals surface area contributed by atoms with Crippen LogP contribution in [-0.2, 0) is 9.59 Å². The summed E-state index contributed by atoms with van der Waals surface area (Å²) in [6.07, 6.45) is 2.62. The zero-order chi connectivity index (χ0) is 20.4. The summed E-state index contributed by atoms with van der Waals surface area (Å²) in [6.45, 7) is 4.21. The van der Waals surface area contributed by atoms with Crippen LogP contribution < -0.4 is 21.0 Å². The highest BCUT2D eigenvalue weighted by Crippen LogP contribution is 2.28. The third-order valence-corrected chi connectivity index (χ3v) is 5.42. The van der Waals surface area contributed by atoms with Crippen molar-refractivity contribution in [3.8, 4) is 0 Å². The van der Waals surface area contributed by atoms with E-state index in [1.54, 1.807) is 0 Å². The quantitative estimate of drug-likeness (QED) is 0.820. The lowest BCUT2D eigenvalue weighted by molar-refractivity contribution is -0.119. The minimum atomic E-state index is -0.669. The molecule has 1 fully saturated rings. The topological polar surface area (TPSA) is 91.0 Å². The Morgan fingerprint density at radius 2 is 1.83 bits per heavy atom. The van der Waals surface area contributed by atoms with E-state index in [1.165, 1.54) is 23.5 Å². The number of rotatable bonds is 5. The highest BCUT2D eigenvalue weighted by atomic mass is 16.2. The number of anilines is 3. The summed E-state index contributed by atoms with van der Waals surface area (Å²) in [4.78, 5) is 27.0. The monoisotopic (exact) mass is 391 g/mol. The Morgan fingerprint density at radius 1 is 1.10 bits per heavy atom. The van der Waals surface area contributed by atoms with Crippen LogP contribution in [-0.4, -0.2) is 36.7 Å². The Kier molecular flexibility index (Phi) is 5.20. The van der Waals surface area contributed by atoms with Crippen LogP contribution in [0.25, 0.3) is 0 Å². The molecule has 2 aromatic rings. The fraction of sp³-hybridized carbons (Fsp3) is 0.318. The van der Waals surface area contributed by atoms with E-state index < -0.39 is 11.9 Å². The molecule has 29 heavy (non-hydrogen) atoms. The van der Waals surface area contributed by atoms with Gasteiger partial charge in [0.25, 0.3) is 5.91 Å². The summed E-state index contributed by atoms with van der Waals surface area (Å²) >= 11 is 0. The number of nitrogens with one attached hydrogen (secondary N) is 1. The summed E-state index contributed by atoms with van der Waals surface area (Å²) in [7, 11) is 0. The highest BCUT2D eigenvalue weighted by molar-refractivity contribution is 6.44. The van der Waals surface area contributed by atoms with Gasteiger partial charge in [-0.05, 0) is 55.7 Å². The van der Waals surface area contributed by atoms with Gasteiger partial charge in [0.05, 0.1) is 5.69 Å². The smallest absolute Gasteiger partial charge is 0.271 e. The van der Waals surface area contributed by atoms with Crippen molar-refractivity contribution in [2.45, 2.75) is 32.2 Å². The van der Waals surface area contributed by atoms with Crippen molar-refractivity contribution < 1.29 is 9.59 Å². The molecular formula is C22H25N5O2. The maximum Gasteiger partial charge on any atom is 0.271 e. The largest absolute Gasteiger partial charge is 0.371 e. The molecule has 0 bridgehead atoms. The molecule has 0 radical (unpaired) electrons. The molecule has 0 aliphatic carbocycles. The predicted molar refractivity (Wildman–Crippen MR) is 115 cm³/mol. The normalized spacial score (nSPS) is 18.7. The summed E-state index contributed by atoms with van der Waals surface area (Å²) in [5.74, 6) is -0.825. The van der Waals surface area contributed by atoms with Crippen LogP contribution in [0.1, 0.15) is 24.8 Å². The number of nitrogens with two attached hydrogens (primary N) is 1. The highest BCUT2D eigenvalue weighted by Gasteiger charge is 2.35. The molecule has 2 aliphatic rings. The fourth-order valence-corrected chi connectivity index (χ4v) is 3.94. The SMILES string of the molecule is Cc1cc(NC(=O)C2=NN(c3ccccc3)C(C(N)=O)C2)ccc1N1CCCC1. The number of hydrogen-bond donors (Lipinski definition) is 2. The molecule has 1 unspecified atom stereocenters. The molecule has 0 aromatic heterocycles. The van der Waals surface area contributed by atoms with Crippen molar-refractivity contribution in [3.05, 3.63) is 54.1 Å². The molecule has 0 saturated carbocycles. The first kappa shape index (κ1) is 19.0. The summed E-state index contributed by atoms with van der Waals surface area (Å²) in [6, 6.07) is 14.5. The van der Waals surface area contributed by atoms with Crippen molar-refractivity contribution in [3.63, 3.8) is 0 Å². The van der Waals surface area contributed by atoms with Crippen LogP contribution in [0.3, 0.4) is 0 Å². The second-order valence-electron chi connectivity index (χ2n) is 7.50. The Hall–Kier alpha value is -3.35. The van der Waals surface area contributed by atoms with Gasteiger partial charge in [0.1, 0.15) is 11.8 Å². The Bertz CT molecular complexity index is 951. The maximum atomic E-state index is 12.8. The number of hydrogen-bond acceptors (Lipinski definition) is 5. The Labute approximate surface area is 170 Å². The fourth-order valence-electron chi connectivity index (χ4n) is 3.94. The lowest BCUT2D eigenvalue weighted by Gasteiger charge is -2.20. The van der Waals surface area contributed by atoms with E-state index in [4.69, 9.17) is 5.73 Å². The molecule has 2 amide bonds. The van der Waals surface area contributed by atoms with Gasteiger partial charge in [-0.1, -0.05) is 18.2 Å². The molecule has 3 N–H and O–H groups in total. The lowest BCUT2D eigenvalue weighted by atomic mass is 10.1. The second-order valence-corrected chi connectivity index (χ2v) is 7.50. The molecular weight excluding hydrogens is 366 g/mol. The van der Waals surface area contributed by atoms with Gasteiger partial charge in [-0.25, -0.2) is 0 Å². The molecule has 1 atom stereocenters. The van der Waals surface area contributed by atoms with Gasteiger partial charge in [-0.2, -0.15) is 5.10 Å². The number of hydrazone groups is 1. The van der Waals surface area contributed by atoms with E-state index in [2.05, 4.69) is 28.3 Å². The minimum Gasteiger partial charge on any atom is -0.371 e. The zero-order valence-electron chi connectivity index (χ0n) is 16.5. The summed E-state index contributed by atoms with van der Waals surface area (Å²) < 4.78 is 0. The van der Waals surface area contributed by atoms with Crippen LogP contribution in [0.5, 0.6) is 0 Å². The Morgan fingerprint density at radius 3 is 2.48 bits per heavy atom. The van der Waals surface area contributed by atoms with E-state index in [0.717, 1.165) is 24.3 Å². The molecule has 4 rings (SSSR count). The zero-order valence-corrected chi connectivity index (χ0v) is 16.5. The maximum absolute atomic E-state index is 12.8. The van der Waals surface area contributed by atoms with Crippen molar-refractivity contribution in [1.29, 1.82) is 0 Å². The third-order valence-electron chi connectivity index (χ3n) is 5.42. The van der Waals surface area contributed by atoms with Crippen LogP contribution in [0.15, 0.2) is 53.6 Å². The van der Waals surface area contributed by atoms with Crippen LogP contribution in [0, 0.1) is 6.92 Å². The summed E-state index contributed by atoms with van der Waals surface area (Å²) in [5.41, 5.74) is 9.61. The van der Waals surface area contributed by atoms with Gasteiger partial charge in [0.2, 0.25) is 5.91 Å². The number of carbonyl (C=O) groups is 2. The molecule has 150 valence electrons. The molecule has 2 heterocycles. The molecule has 1 saturated heterocycles. The first-order valence-electron chi connectivity index (χ1n) is 9.91. The first-order valence-corrected chi connectivity index (χ1v) is 9.91. The van der Waals surface area contributed by atoms with Crippen LogP contribution in [0.4, 0.5) is 17.1 Å². The first-order chi connectivity index (χ1) is 14.0. The van der Waals surface area contributed by atoms with E-state index in [1.807, 2.05) is 42.5 Å². The van der Waals surface area contributed by atoms with E-state index >= 15 is 0 Å². The average molecular weight is 391 g/mol. The number of carbonyl (C=O) groups excluding carboxylic acids is 2. The third kappa shape index (κ3) is 3.94. The molecule has 7 nitrogen and oxygen atoms in total. The van der Waals surface area contributed by atoms with Crippen molar-refractivity contribution in [1.82, 2.24) is 0 Å². The van der Waals surface area contributed by atoms with Gasteiger partial charge in [0, 0.05) is 30.9 Å². The number of aryl methyl sites for hydroxylation is 1. The van der Waals surface area contributed by atoms with Gasteiger partial charge in [0.15, 0.2) is 0 Å². The van der Waals surface area contributed by atoms with Crippen LogP contribution >= 0.6 is 0 Å². The van der Waals surface area contributed by atoms with Gasteiger partial charge in [-0.3, -0.25) is 14.6 Å². The van der Waals surface area contributed by atoms with Gasteiger partial charge >= 0.3 is 0 Å². The molecule has 0 spiro atoms. The lowest BCUT2D eigenvalue weighted by Crippen LogP contribution is -2.39. The van der Waals surface area contributed by atoms with Crippen molar-refractivity contribution in [2.24, 2.45) is 10.8 Å². The number of benzene rings is 2. The second kappa shape index (κ2) is 7.95. The van der Waals surface area contributed by atoms with Gasteiger partial charge < -0.3 is 16.0 Å². The average Bonchev–Trinajstić information content (AvgIpc) is 3.39. The number of nitrogens with zero attached hydrogens (tertiary/aromatic N) is 3. The Balaban J connectivity index is 1.50. The molecule has 2 aliphatic heterocycles. The number of amides is 2. The van der Waals surface area contributed by atoms with Crippen molar-refractivity contribution >= 4 is 34.6 Å².